The average molecular weight is 547 g/mol. The molecule has 6 nitrogen and oxygen atoms in total. The van der Waals surface area contributed by atoms with Crippen LogP contribution >= 0.6 is 34.8 Å². The highest BCUT2D eigenvalue weighted by atomic mass is 35.5. The number of aryl methyl sites for hydroxylation is 2. The SMILES string of the molecule is Cc1ccc(C(=O)N2CCN(c3c(Cl)cccc3NC(=O)COc3c(C)cc(Cl)cc3Cl)CC2)cc1. The maximum Gasteiger partial charge on any atom is 0.262 e. The topological polar surface area (TPSA) is 61.9 Å². The van der Waals surface area contributed by atoms with Gasteiger partial charge in [0, 0.05) is 36.8 Å². The van der Waals surface area contributed by atoms with Gasteiger partial charge in [-0.25, -0.2) is 0 Å². The van der Waals surface area contributed by atoms with Gasteiger partial charge in [-0.15, -0.1) is 0 Å². The molecule has 4 rings (SSSR count). The molecule has 9 heteroatoms. The van der Waals surface area contributed by atoms with Crippen LogP contribution in [-0.4, -0.2) is 49.5 Å². The molecule has 36 heavy (non-hydrogen) atoms. The van der Waals surface area contributed by atoms with Crippen molar-refractivity contribution in [2.45, 2.75) is 13.8 Å². The van der Waals surface area contributed by atoms with Crippen LogP contribution in [0.25, 0.3) is 0 Å². The van der Waals surface area contributed by atoms with E-state index in [4.69, 9.17) is 39.5 Å². The molecular weight excluding hydrogens is 521 g/mol. The lowest BCUT2D eigenvalue weighted by Gasteiger charge is -2.37. The lowest BCUT2D eigenvalue weighted by molar-refractivity contribution is -0.118. The molecule has 188 valence electrons. The molecule has 0 atom stereocenters. The van der Waals surface area contributed by atoms with Crippen molar-refractivity contribution in [2.75, 3.05) is 43.0 Å². The first-order chi connectivity index (χ1) is 17.2. The number of benzene rings is 3. The Hall–Kier alpha value is -2.93. The summed E-state index contributed by atoms with van der Waals surface area (Å²) in [6, 6.07) is 16.2. The third kappa shape index (κ3) is 6.06. The number of rotatable bonds is 6. The largest absolute Gasteiger partial charge is 0.482 e. The Morgan fingerprint density at radius 1 is 0.917 bits per heavy atom. The summed E-state index contributed by atoms with van der Waals surface area (Å²) in [4.78, 5) is 29.5. The monoisotopic (exact) mass is 545 g/mol. The molecule has 3 aromatic rings. The Balaban J connectivity index is 1.41. The molecule has 1 N–H and O–H groups in total. The van der Waals surface area contributed by atoms with Crippen LogP contribution in [0.15, 0.2) is 54.6 Å². The van der Waals surface area contributed by atoms with Crippen molar-refractivity contribution < 1.29 is 14.3 Å². The number of nitrogens with one attached hydrogen (secondary N) is 1. The van der Waals surface area contributed by atoms with Gasteiger partial charge in [0.2, 0.25) is 0 Å². The molecule has 1 heterocycles. The van der Waals surface area contributed by atoms with E-state index in [2.05, 4.69) is 10.2 Å². The summed E-state index contributed by atoms with van der Waals surface area (Å²) in [5.41, 5.74) is 3.82. The third-order valence-electron chi connectivity index (χ3n) is 5.98. The number of anilines is 2. The quantitative estimate of drug-likeness (QED) is 0.397. The molecule has 0 aliphatic carbocycles. The number of piperazine rings is 1. The lowest BCUT2D eigenvalue weighted by atomic mass is 10.1. The molecular formula is C27H26Cl3N3O3. The second-order valence-electron chi connectivity index (χ2n) is 8.65. The highest BCUT2D eigenvalue weighted by Crippen LogP contribution is 2.35. The molecule has 1 aliphatic heterocycles. The third-order valence-corrected chi connectivity index (χ3v) is 6.79. The Labute approximate surface area is 225 Å². The summed E-state index contributed by atoms with van der Waals surface area (Å²) < 4.78 is 5.67. The maximum atomic E-state index is 12.9. The van der Waals surface area contributed by atoms with Crippen LogP contribution < -0.4 is 15.0 Å². The molecule has 0 unspecified atom stereocenters. The first-order valence-electron chi connectivity index (χ1n) is 11.5. The van der Waals surface area contributed by atoms with E-state index in [1.54, 1.807) is 30.3 Å². The molecule has 0 bridgehead atoms. The minimum atomic E-state index is -0.350. The normalized spacial score (nSPS) is 13.5. The van der Waals surface area contributed by atoms with Gasteiger partial charge in [-0.1, -0.05) is 58.6 Å². The Morgan fingerprint density at radius 3 is 2.28 bits per heavy atom. The molecule has 0 radical (unpaired) electrons. The Kier molecular flexibility index (Phi) is 8.29. The minimum absolute atomic E-state index is 0.00985. The smallest absolute Gasteiger partial charge is 0.262 e. The fourth-order valence-electron chi connectivity index (χ4n) is 4.15. The van der Waals surface area contributed by atoms with Gasteiger partial charge >= 0.3 is 0 Å². The van der Waals surface area contributed by atoms with Crippen LogP contribution in [0, 0.1) is 13.8 Å². The number of amides is 2. The van der Waals surface area contributed by atoms with Gasteiger partial charge in [-0.05, 0) is 55.8 Å². The van der Waals surface area contributed by atoms with Crippen molar-refractivity contribution in [1.82, 2.24) is 4.90 Å². The average Bonchev–Trinajstić information content (AvgIpc) is 2.84. The van der Waals surface area contributed by atoms with Gasteiger partial charge in [0.15, 0.2) is 6.61 Å². The van der Waals surface area contributed by atoms with Crippen molar-refractivity contribution in [3.8, 4) is 5.75 Å². The highest BCUT2D eigenvalue weighted by Gasteiger charge is 2.25. The van der Waals surface area contributed by atoms with Crippen molar-refractivity contribution in [3.05, 3.63) is 86.4 Å². The van der Waals surface area contributed by atoms with E-state index in [0.717, 1.165) is 16.8 Å². The van der Waals surface area contributed by atoms with E-state index < -0.39 is 0 Å². The molecule has 1 saturated heterocycles. The minimum Gasteiger partial charge on any atom is -0.482 e. The molecule has 0 aromatic heterocycles. The summed E-state index contributed by atoms with van der Waals surface area (Å²) in [5, 5.41) is 4.25. The van der Waals surface area contributed by atoms with Gasteiger partial charge in [-0.3, -0.25) is 9.59 Å². The zero-order valence-corrected chi connectivity index (χ0v) is 22.3. The molecule has 0 spiro atoms. The number of carbonyl (C=O) groups is 2. The van der Waals surface area contributed by atoms with E-state index in [9.17, 15) is 9.59 Å². The van der Waals surface area contributed by atoms with Crippen LogP contribution in [0.4, 0.5) is 11.4 Å². The zero-order chi connectivity index (χ0) is 25.8. The van der Waals surface area contributed by atoms with Gasteiger partial charge in [0.1, 0.15) is 5.75 Å². The van der Waals surface area contributed by atoms with Crippen molar-refractivity contribution >= 4 is 58.0 Å². The summed E-state index contributed by atoms with van der Waals surface area (Å²) in [7, 11) is 0. The van der Waals surface area contributed by atoms with Gasteiger partial charge in [0.25, 0.3) is 11.8 Å². The van der Waals surface area contributed by atoms with Crippen LogP contribution in [0.2, 0.25) is 15.1 Å². The van der Waals surface area contributed by atoms with E-state index in [1.807, 2.05) is 43.0 Å². The van der Waals surface area contributed by atoms with Crippen LogP contribution in [-0.2, 0) is 4.79 Å². The number of nitrogens with zero attached hydrogens (tertiary/aromatic N) is 2. The van der Waals surface area contributed by atoms with Gasteiger partial charge in [-0.2, -0.15) is 0 Å². The summed E-state index contributed by atoms with van der Waals surface area (Å²) in [6.45, 7) is 5.83. The number of para-hydroxylation sites is 1. The van der Waals surface area contributed by atoms with E-state index in [1.165, 1.54) is 0 Å². The zero-order valence-electron chi connectivity index (χ0n) is 20.0. The predicted molar refractivity (Wildman–Crippen MR) is 146 cm³/mol. The standard InChI is InChI=1S/C27H26Cl3N3O3/c1-17-6-8-19(9-7-17)27(35)33-12-10-32(11-13-33)25-21(29)4-3-5-23(25)31-24(34)16-36-26-18(2)14-20(28)15-22(26)30/h3-9,14-15H,10-13,16H2,1-2H3,(H,31,34). The maximum absolute atomic E-state index is 12.9. The van der Waals surface area contributed by atoms with E-state index in [0.29, 0.717) is 58.2 Å². The summed E-state index contributed by atoms with van der Waals surface area (Å²) >= 11 is 18.8. The number of halogens is 3. The molecule has 1 aliphatic rings. The summed E-state index contributed by atoms with van der Waals surface area (Å²) in [5.74, 6) is 0.0738. The van der Waals surface area contributed by atoms with E-state index >= 15 is 0 Å². The molecule has 2 amide bonds. The van der Waals surface area contributed by atoms with E-state index in [-0.39, 0.29) is 18.4 Å². The second-order valence-corrected chi connectivity index (χ2v) is 9.90. The number of carbonyl (C=O) groups excluding carboxylic acids is 2. The molecule has 1 fully saturated rings. The predicted octanol–water partition coefficient (Wildman–Crippen LogP) is 6.24. The fraction of sp³-hybridized carbons (Fsp3) is 0.259. The van der Waals surface area contributed by atoms with Gasteiger partial charge in [0.05, 0.1) is 21.4 Å². The summed E-state index contributed by atoms with van der Waals surface area (Å²) in [6.07, 6.45) is 0. The Morgan fingerprint density at radius 2 is 1.61 bits per heavy atom. The van der Waals surface area contributed by atoms with Crippen LogP contribution in [0.5, 0.6) is 5.75 Å². The first-order valence-corrected chi connectivity index (χ1v) is 12.6. The lowest BCUT2D eigenvalue weighted by Crippen LogP contribution is -2.49. The molecule has 0 saturated carbocycles. The number of hydrogen-bond donors (Lipinski definition) is 1. The number of hydrogen-bond acceptors (Lipinski definition) is 4. The second kappa shape index (κ2) is 11.4. The van der Waals surface area contributed by atoms with Crippen LogP contribution in [0.3, 0.4) is 0 Å². The molecule has 3 aromatic carbocycles. The van der Waals surface area contributed by atoms with Crippen molar-refractivity contribution in [1.29, 1.82) is 0 Å². The van der Waals surface area contributed by atoms with Gasteiger partial charge < -0.3 is 19.9 Å². The van der Waals surface area contributed by atoms with Crippen molar-refractivity contribution in [3.63, 3.8) is 0 Å². The fourth-order valence-corrected chi connectivity index (χ4v) is 5.09. The van der Waals surface area contributed by atoms with Crippen LogP contribution in [0.1, 0.15) is 21.5 Å². The van der Waals surface area contributed by atoms with Crippen molar-refractivity contribution in [2.24, 2.45) is 0 Å². The number of ether oxygens (including phenoxy) is 1. The Bertz CT molecular complexity index is 1250. The highest BCUT2D eigenvalue weighted by molar-refractivity contribution is 6.35. The first kappa shape index (κ1) is 26.1.